The molecule has 1 aromatic heterocycles. The largest absolute Gasteiger partial charge is 0.382 e. The summed E-state index contributed by atoms with van der Waals surface area (Å²) in [6.45, 7) is 4.06. The molecule has 0 saturated carbocycles. The molecule has 2 aromatic carbocycles. The zero-order chi connectivity index (χ0) is 22.7. The molecule has 3 aromatic rings. The Balaban J connectivity index is 1.56. The van der Waals surface area contributed by atoms with Gasteiger partial charge in [-0.15, -0.1) is 0 Å². The van der Waals surface area contributed by atoms with E-state index in [1.807, 2.05) is 36.1 Å². The van der Waals surface area contributed by atoms with Gasteiger partial charge in [0.15, 0.2) is 0 Å². The van der Waals surface area contributed by atoms with Crippen LogP contribution in [0, 0.1) is 6.92 Å². The molecule has 0 aliphatic carbocycles. The first-order valence-electron chi connectivity index (χ1n) is 10.5. The minimum Gasteiger partial charge on any atom is -0.382 e. The van der Waals surface area contributed by atoms with Gasteiger partial charge in [0.2, 0.25) is 0 Å². The Morgan fingerprint density at radius 1 is 1.03 bits per heavy atom. The number of anilines is 4. The number of nitrogens with one attached hydrogen (secondary N) is 2. The number of rotatable bonds is 6. The van der Waals surface area contributed by atoms with Crippen molar-refractivity contribution in [3.63, 3.8) is 0 Å². The van der Waals surface area contributed by atoms with Crippen LogP contribution in [-0.2, 0) is 6.54 Å². The number of aromatic nitrogens is 2. The quantitative estimate of drug-likeness (QED) is 0.474. The predicted molar refractivity (Wildman–Crippen MR) is 125 cm³/mol. The predicted octanol–water partition coefficient (Wildman–Crippen LogP) is 3.29. The standard InChI is InChI=1S/C23H27N7O2/c1-15-4-6-16(7-5-15)14-30-21(24)20(13-26-30)27-18-9-8-17(12-19(18)28-23(25)32)22(31)29-10-2-3-11-29/h4-9,12-13,27H,2-3,10-11,14,24H2,1H3,(H3,25,28,32). The minimum atomic E-state index is -0.721. The molecule has 0 radical (unpaired) electrons. The van der Waals surface area contributed by atoms with Crippen molar-refractivity contribution in [1.82, 2.24) is 14.7 Å². The number of likely N-dealkylation sites (tertiary alicyclic amines) is 1. The third-order valence-electron chi connectivity index (χ3n) is 5.52. The molecule has 3 amide bonds. The number of amides is 3. The summed E-state index contributed by atoms with van der Waals surface area (Å²) in [5.74, 6) is 0.389. The number of hydrogen-bond donors (Lipinski definition) is 4. The topological polar surface area (TPSA) is 131 Å². The highest BCUT2D eigenvalue weighted by Crippen LogP contribution is 2.30. The molecule has 1 aliphatic heterocycles. The van der Waals surface area contributed by atoms with Gasteiger partial charge in [0.05, 0.1) is 24.1 Å². The van der Waals surface area contributed by atoms with Crippen molar-refractivity contribution in [1.29, 1.82) is 0 Å². The number of carbonyl (C=O) groups excluding carboxylic acids is 2. The molecular weight excluding hydrogens is 406 g/mol. The van der Waals surface area contributed by atoms with E-state index in [0.717, 1.165) is 31.5 Å². The van der Waals surface area contributed by atoms with Crippen LogP contribution in [0.15, 0.2) is 48.7 Å². The number of carbonyl (C=O) groups is 2. The summed E-state index contributed by atoms with van der Waals surface area (Å²) in [4.78, 5) is 26.1. The van der Waals surface area contributed by atoms with Crippen LogP contribution >= 0.6 is 0 Å². The monoisotopic (exact) mass is 433 g/mol. The highest BCUT2D eigenvalue weighted by molar-refractivity contribution is 5.99. The summed E-state index contributed by atoms with van der Waals surface area (Å²) in [7, 11) is 0. The first kappa shape index (κ1) is 21.2. The van der Waals surface area contributed by atoms with Crippen molar-refractivity contribution < 1.29 is 9.59 Å². The Hall–Kier alpha value is -4.01. The smallest absolute Gasteiger partial charge is 0.316 e. The van der Waals surface area contributed by atoms with Crippen LogP contribution in [-0.4, -0.2) is 39.7 Å². The maximum absolute atomic E-state index is 12.7. The van der Waals surface area contributed by atoms with Crippen LogP contribution in [0.4, 0.5) is 27.7 Å². The minimum absolute atomic E-state index is 0.0630. The van der Waals surface area contributed by atoms with Crippen molar-refractivity contribution in [2.45, 2.75) is 26.3 Å². The number of hydrogen-bond acceptors (Lipinski definition) is 5. The molecule has 1 saturated heterocycles. The molecule has 1 fully saturated rings. The van der Waals surface area contributed by atoms with Gasteiger partial charge in [0.25, 0.3) is 5.91 Å². The molecule has 0 atom stereocenters. The fraction of sp³-hybridized carbons (Fsp3) is 0.261. The molecule has 9 nitrogen and oxygen atoms in total. The Bertz CT molecular complexity index is 1130. The van der Waals surface area contributed by atoms with Crippen LogP contribution in [0.3, 0.4) is 0 Å². The number of nitrogens with two attached hydrogens (primary N) is 2. The SMILES string of the molecule is Cc1ccc(Cn2ncc(Nc3ccc(C(=O)N4CCCC4)cc3NC(N)=O)c2N)cc1. The van der Waals surface area contributed by atoms with E-state index in [2.05, 4.69) is 15.7 Å². The highest BCUT2D eigenvalue weighted by Gasteiger charge is 2.21. The number of urea groups is 1. The second kappa shape index (κ2) is 9.01. The number of nitrogens with zero attached hydrogens (tertiary/aromatic N) is 3. The highest BCUT2D eigenvalue weighted by atomic mass is 16.2. The molecule has 4 rings (SSSR count). The average Bonchev–Trinajstić information content (AvgIpc) is 3.42. The second-order valence-corrected chi connectivity index (χ2v) is 7.96. The van der Waals surface area contributed by atoms with Crippen LogP contribution in [0.5, 0.6) is 0 Å². The molecule has 6 N–H and O–H groups in total. The van der Waals surface area contributed by atoms with Crippen molar-refractivity contribution in [2.24, 2.45) is 5.73 Å². The van der Waals surface area contributed by atoms with Crippen LogP contribution < -0.4 is 22.1 Å². The fourth-order valence-corrected chi connectivity index (χ4v) is 3.75. The van der Waals surface area contributed by atoms with Gasteiger partial charge in [-0.3, -0.25) is 4.79 Å². The van der Waals surface area contributed by atoms with Gasteiger partial charge in [-0.2, -0.15) is 5.10 Å². The summed E-state index contributed by atoms with van der Waals surface area (Å²) in [5.41, 5.74) is 16.0. The van der Waals surface area contributed by atoms with E-state index in [1.54, 1.807) is 29.1 Å². The van der Waals surface area contributed by atoms with Crippen LogP contribution in [0.25, 0.3) is 0 Å². The summed E-state index contributed by atoms with van der Waals surface area (Å²) in [6.07, 6.45) is 3.63. The lowest BCUT2D eigenvalue weighted by Crippen LogP contribution is -2.28. The first-order valence-corrected chi connectivity index (χ1v) is 10.5. The molecular formula is C23H27N7O2. The maximum atomic E-state index is 12.7. The molecule has 32 heavy (non-hydrogen) atoms. The number of primary amides is 1. The number of aryl methyl sites for hydroxylation is 1. The Kier molecular flexibility index (Phi) is 5.98. The molecule has 1 aliphatic rings. The second-order valence-electron chi connectivity index (χ2n) is 7.96. The van der Waals surface area contributed by atoms with Gasteiger partial charge < -0.3 is 27.0 Å². The van der Waals surface area contributed by atoms with Gasteiger partial charge in [0, 0.05) is 18.7 Å². The summed E-state index contributed by atoms with van der Waals surface area (Å²) < 4.78 is 1.69. The van der Waals surface area contributed by atoms with E-state index in [4.69, 9.17) is 11.5 Å². The van der Waals surface area contributed by atoms with Crippen LogP contribution in [0.1, 0.15) is 34.3 Å². The fourth-order valence-electron chi connectivity index (χ4n) is 3.75. The van der Waals surface area contributed by atoms with E-state index >= 15 is 0 Å². The normalized spacial score (nSPS) is 13.2. The van der Waals surface area contributed by atoms with Gasteiger partial charge in [-0.05, 0) is 43.5 Å². The van der Waals surface area contributed by atoms with Gasteiger partial charge in [-0.1, -0.05) is 29.8 Å². The van der Waals surface area contributed by atoms with Gasteiger partial charge in [0.1, 0.15) is 11.5 Å². The Morgan fingerprint density at radius 3 is 2.44 bits per heavy atom. The number of benzene rings is 2. The van der Waals surface area contributed by atoms with Crippen molar-refractivity contribution >= 4 is 34.8 Å². The lowest BCUT2D eigenvalue weighted by molar-refractivity contribution is 0.0793. The average molecular weight is 434 g/mol. The third kappa shape index (κ3) is 4.66. The summed E-state index contributed by atoms with van der Waals surface area (Å²) in [6, 6.07) is 12.5. The van der Waals surface area contributed by atoms with Crippen molar-refractivity contribution in [2.75, 3.05) is 29.5 Å². The van der Waals surface area contributed by atoms with E-state index in [0.29, 0.717) is 35.0 Å². The van der Waals surface area contributed by atoms with Crippen LogP contribution in [0.2, 0.25) is 0 Å². The summed E-state index contributed by atoms with van der Waals surface area (Å²) >= 11 is 0. The summed E-state index contributed by atoms with van der Waals surface area (Å²) in [5, 5.41) is 10.2. The lowest BCUT2D eigenvalue weighted by Gasteiger charge is -2.18. The zero-order valence-electron chi connectivity index (χ0n) is 18.0. The van der Waals surface area contributed by atoms with Gasteiger partial charge >= 0.3 is 6.03 Å². The van der Waals surface area contributed by atoms with Gasteiger partial charge in [-0.25, -0.2) is 9.48 Å². The molecule has 0 unspecified atom stereocenters. The van der Waals surface area contributed by atoms with E-state index < -0.39 is 6.03 Å². The Morgan fingerprint density at radius 2 is 1.75 bits per heavy atom. The Labute approximate surface area is 186 Å². The first-order chi connectivity index (χ1) is 15.4. The van der Waals surface area contributed by atoms with Crippen molar-refractivity contribution in [3.8, 4) is 0 Å². The number of nitrogen functional groups attached to an aromatic ring is 1. The van der Waals surface area contributed by atoms with E-state index in [1.165, 1.54) is 5.56 Å². The van der Waals surface area contributed by atoms with Crippen molar-refractivity contribution in [3.05, 3.63) is 65.4 Å². The molecule has 0 bridgehead atoms. The van der Waals surface area contributed by atoms with E-state index in [-0.39, 0.29) is 5.91 Å². The lowest BCUT2D eigenvalue weighted by atomic mass is 10.1. The molecule has 9 heteroatoms. The van der Waals surface area contributed by atoms with E-state index in [9.17, 15) is 9.59 Å². The molecule has 2 heterocycles. The molecule has 0 spiro atoms. The maximum Gasteiger partial charge on any atom is 0.316 e. The zero-order valence-corrected chi connectivity index (χ0v) is 18.0. The molecule has 166 valence electrons. The third-order valence-corrected chi connectivity index (χ3v) is 5.52.